The van der Waals surface area contributed by atoms with Crippen LogP contribution in [0.1, 0.15) is 28.4 Å². The van der Waals surface area contributed by atoms with Crippen LogP contribution in [-0.4, -0.2) is 19.3 Å². The highest BCUT2D eigenvalue weighted by Gasteiger charge is 2.19. The van der Waals surface area contributed by atoms with Crippen LogP contribution in [0.2, 0.25) is 0 Å². The summed E-state index contributed by atoms with van der Waals surface area (Å²) >= 11 is 0. The van der Waals surface area contributed by atoms with E-state index >= 15 is 0 Å². The van der Waals surface area contributed by atoms with E-state index in [1.54, 1.807) is 36.4 Å². The van der Waals surface area contributed by atoms with Crippen molar-refractivity contribution in [2.45, 2.75) is 18.8 Å². The molecule has 1 atom stereocenters. The first kappa shape index (κ1) is 16.2. The molecule has 5 heteroatoms. The van der Waals surface area contributed by atoms with Crippen molar-refractivity contribution in [3.63, 3.8) is 0 Å². The molecule has 0 aliphatic rings. The molecule has 4 nitrogen and oxygen atoms in total. The van der Waals surface area contributed by atoms with E-state index in [9.17, 15) is 13.5 Å². The van der Waals surface area contributed by atoms with Gasteiger partial charge in [-0.25, -0.2) is 8.42 Å². The first-order chi connectivity index (χ1) is 10.4. The number of hydrogen-bond donors (Lipinski definition) is 1. The summed E-state index contributed by atoms with van der Waals surface area (Å²) < 4.78 is 24.4. The zero-order chi connectivity index (χ0) is 16.2. The van der Waals surface area contributed by atoms with Crippen LogP contribution in [0.5, 0.6) is 0 Å². The molecule has 0 amide bonds. The van der Waals surface area contributed by atoms with Crippen molar-refractivity contribution < 1.29 is 13.5 Å². The summed E-state index contributed by atoms with van der Waals surface area (Å²) in [6.45, 7) is 1.94. The van der Waals surface area contributed by atoms with Gasteiger partial charge in [0.15, 0.2) is 9.84 Å². The van der Waals surface area contributed by atoms with Gasteiger partial charge >= 0.3 is 0 Å². The number of aliphatic hydroxyl groups excluding tert-OH is 1. The van der Waals surface area contributed by atoms with E-state index in [1.165, 1.54) is 0 Å². The van der Waals surface area contributed by atoms with Crippen molar-refractivity contribution in [3.8, 4) is 6.07 Å². The van der Waals surface area contributed by atoms with Gasteiger partial charge in [-0.1, -0.05) is 42.0 Å². The number of sulfone groups is 1. The average Bonchev–Trinajstić information content (AvgIpc) is 2.49. The van der Waals surface area contributed by atoms with Crippen molar-refractivity contribution in [2.24, 2.45) is 0 Å². The van der Waals surface area contributed by atoms with Crippen molar-refractivity contribution in [1.29, 1.82) is 5.26 Å². The van der Waals surface area contributed by atoms with Gasteiger partial charge in [0.05, 0.1) is 29.2 Å². The Morgan fingerprint density at radius 2 is 1.68 bits per heavy atom. The Morgan fingerprint density at radius 1 is 1.09 bits per heavy atom. The quantitative estimate of drug-likeness (QED) is 0.919. The lowest BCUT2D eigenvalue weighted by atomic mass is 10.1. The van der Waals surface area contributed by atoms with E-state index < -0.39 is 15.9 Å². The van der Waals surface area contributed by atoms with Crippen LogP contribution in [-0.2, 0) is 15.6 Å². The molecule has 2 aromatic rings. The molecule has 0 saturated heterocycles. The fraction of sp³-hybridized carbons (Fsp3) is 0.235. The number of hydrogen-bond acceptors (Lipinski definition) is 4. The van der Waals surface area contributed by atoms with Crippen molar-refractivity contribution in [3.05, 3.63) is 70.8 Å². The average molecular weight is 315 g/mol. The van der Waals surface area contributed by atoms with Crippen LogP contribution in [0.25, 0.3) is 0 Å². The molecule has 114 valence electrons. The molecule has 1 N–H and O–H groups in total. The third kappa shape index (κ3) is 4.42. The third-order valence-electron chi connectivity index (χ3n) is 3.34. The zero-order valence-corrected chi connectivity index (χ0v) is 13.0. The molecule has 0 radical (unpaired) electrons. The van der Waals surface area contributed by atoms with E-state index in [-0.39, 0.29) is 11.5 Å². The maximum Gasteiger partial charge on any atom is 0.157 e. The summed E-state index contributed by atoms with van der Waals surface area (Å²) in [5, 5.41) is 18.8. The second-order valence-corrected chi connectivity index (χ2v) is 7.40. The standard InChI is InChI=1S/C17H17NO3S/c1-13-2-4-15(5-3-13)11-22(20,21)12-17(19)16-8-6-14(10-18)7-9-16/h2-9,17,19H,11-12H2,1H3. The molecular formula is C17H17NO3S. The molecule has 0 aliphatic carbocycles. The van der Waals surface area contributed by atoms with Crippen molar-refractivity contribution in [1.82, 2.24) is 0 Å². The molecule has 2 rings (SSSR count). The van der Waals surface area contributed by atoms with E-state index in [1.807, 2.05) is 25.1 Å². The molecule has 2 aromatic carbocycles. The van der Waals surface area contributed by atoms with E-state index in [4.69, 9.17) is 5.26 Å². The molecule has 22 heavy (non-hydrogen) atoms. The normalized spacial score (nSPS) is 12.6. The van der Waals surface area contributed by atoms with Gasteiger partial charge in [-0.2, -0.15) is 5.26 Å². The summed E-state index contributed by atoms with van der Waals surface area (Å²) in [6, 6.07) is 15.5. The lowest BCUT2D eigenvalue weighted by Gasteiger charge is -2.12. The number of rotatable bonds is 5. The van der Waals surface area contributed by atoms with Gasteiger partial charge in [-0.3, -0.25) is 0 Å². The monoisotopic (exact) mass is 315 g/mol. The predicted octanol–water partition coefficient (Wildman–Crippen LogP) is 2.52. The third-order valence-corrected chi connectivity index (χ3v) is 4.94. The SMILES string of the molecule is Cc1ccc(CS(=O)(=O)CC(O)c2ccc(C#N)cc2)cc1. The van der Waals surface area contributed by atoms with Crippen LogP contribution >= 0.6 is 0 Å². The lowest BCUT2D eigenvalue weighted by Crippen LogP contribution is -2.16. The smallest absolute Gasteiger partial charge is 0.157 e. The molecular weight excluding hydrogens is 298 g/mol. The Hall–Kier alpha value is -2.16. The first-order valence-corrected chi connectivity index (χ1v) is 8.66. The predicted molar refractivity (Wildman–Crippen MR) is 84.8 cm³/mol. The van der Waals surface area contributed by atoms with E-state index in [2.05, 4.69) is 0 Å². The number of aliphatic hydroxyl groups is 1. The number of nitriles is 1. The van der Waals surface area contributed by atoms with Gasteiger partial charge in [0.25, 0.3) is 0 Å². The van der Waals surface area contributed by atoms with E-state index in [0.717, 1.165) is 5.56 Å². The van der Waals surface area contributed by atoms with Gasteiger partial charge < -0.3 is 5.11 Å². The largest absolute Gasteiger partial charge is 0.387 e. The highest BCUT2D eigenvalue weighted by Crippen LogP contribution is 2.18. The summed E-state index contributed by atoms with van der Waals surface area (Å²) in [6.07, 6.45) is -1.09. The minimum Gasteiger partial charge on any atom is -0.387 e. The molecule has 1 unspecified atom stereocenters. The maximum absolute atomic E-state index is 12.2. The summed E-state index contributed by atoms with van der Waals surface area (Å²) in [5.74, 6) is -0.437. The first-order valence-electron chi connectivity index (χ1n) is 6.84. The van der Waals surface area contributed by atoms with Crippen molar-refractivity contribution >= 4 is 9.84 Å². The number of aryl methyl sites for hydroxylation is 1. The Kier molecular flexibility index (Phi) is 4.96. The van der Waals surface area contributed by atoms with Gasteiger partial charge in [-0.05, 0) is 30.2 Å². The Morgan fingerprint density at radius 3 is 2.23 bits per heavy atom. The fourth-order valence-corrected chi connectivity index (χ4v) is 3.61. The van der Waals surface area contributed by atoms with Crippen LogP contribution in [0.15, 0.2) is 48.5 Å². The van der Waals surface area contributed by atoms with E-state index in [0.29, 0.717) is 16.7 Å². The summed E-state index contributed by atoms with van der Waals surface area (Å²) in [4.78, 5) is 0. The van der Waals surface area contributed by atoms with Crippen LogP contribution in [0.3, 0.4) is 0 Å². The molecule has 0 spiro atoms. The van der Waals surface area contributed by atoms with Crippen molar-refractivity contribution in [2.75, 3.05) is 5.75 Å². The van der Waals surface area contributed by atoms with Crippen LogP contribution < -0.4 is 0 Å². The maximum atomic E-state index is 12.2. The molecule has 0 aromatic heterocycles. The topological polar surface area (TPSA) is 78.2 Å². The molecule has 0 fully saturated rings. The van der Waals surface area contributed by atoms with Gasteiger partial charge in [-0.15, -0.1) is 0 Å². The molecule has 0 bridgehead atoms. The van der Waals surface area contributed by atoms with Gasteiger partial charge in [0.1, 0.15) is 0 Å². The summed E-state index contributed by atoms with van der Waals surface area (Å²) in [5.41, 5.74) is 2.74. The lowest BCUT2D eigenvalue weighted by molar-refractivity contribution is 0.201. The number of nitrogens with zero attached hydrogens (tertiary/aromatic N) is 1. The second-order valence-electron chi connectivity index (χ2n) is 5.29. The summed E-state index contributed by atoms with van der Waals surface area (Å²) in [7, 11) is -3.43. The Labute approximate surface area is 130 Å². The fourth-order valence-electron chi connectivity index (χ4n) is 2.11. The second kappa shape index (κ2) is 6.73. The molecule has 0 aliphatic heterocycles. The zero-order valence-electron chi connectivity index (χ0n) is 12.2. The molecule has 0 saturated carbocycles. The van der Waals surface area contributed by atoms with Gasteiger partial charge in [0.2, 0.25) is 0 Å². The highest BCUT2D eigenvalue weighted by atomic mass is 32.2. The number of benzene rings is 2. The van der Waals surface area contributed by atoms with Gasteiger partial charge in [0, 0.05) is 0 Å². The molecule has 0 heterocycles. The minimum atomic E-state index is -3.43. The van der Waals surface area contributed by atoms with Crippen LogP contribution in [0.4, 0.5) is 0 Å². The highest BCUT2D eigenvalue weighted by molar-refractivity contribution is 7.90. The van der Waals surface area contributed by atoms with Crippen LogP contribution in [0, 0.1) is 18.3 Å². The Bertz CT molecular complexity index is 772. The Balaban J connectivity index is 2.07. The minimum absolute atomic E-state index is 0.0966.